The molecule has 3 rings (SSSR count). The molecule has 3 aromatic rings. The number of nitrogens with zero attached hydrogens (tertiary/aromatic N) is 1. The lowest BCUT2D eigenvalue weighted by Crippen LogP contribution is -2.27. The van der Waals surface area contributed by atoms with Gasteiger partial charge in [0.15, 0.2) is 0 Å². The fraction of sp³-hybridized carbons (Fsp3) is 0.100. The molecule has 6 nitrogen and oxygen atoms in total. The van der Waals surface area contributed by atoms with Crippen molar-refractivity contribution in [1.29, 1.82) is 0 Å². The molecule has 132 valence electrons. The van der Waals surface area contributed by atoms with Crippen molar-refractivity contribution in [2.75, 3.05) is 18.9 Å². The van der Waals surface area contributed by atoms with E-state index in [0.717, 1.165) is 11.3 Å². The van der Waals surface area contributed by atoms with Crippen molar-refractivity contribution >= 4 is 11.6 Å². The molecule has 0 atom stereocenters. The summed E-state index contributed by atoms with van der Waals surface area (Å²) >= 11 is 0. The lowest BCUT2D eigenvalue weighted by molar-refractivity contribution is 0.0201. The average Bonchev–Trinajstić information content (AvgIpc) is 2.69. The van der Waals surface area contributed by atoms with E-state index in [2.05, 4.69) is 10.5 Å². The molecule has 0 aliphatic heterocycles. The molecule has 1 aromatic heterocycles. The number of pyridine rings is 1. The van der Waals surface area contributed by atoms with E-state index in [-0.39, 0.29) is 6.61 Å². The van der Waals surface area contributed by atoms with Crippen LogP contribution in [0.5, 0.6) is 5.75 Å². The number of benzene rings is 2. The van der Waals surface area contributed by atoms with Gasteiger partial charge in [0.25, 0.3) is 5.91 Å². The minimum Gasteiger partial charge on any atom is -0.491 e. The Bertz CT molecular complexity index is 855. The molecule has 0 radical (unpaired) electrons. The summed E-state index contributed by atoms with van der Waals surface area (Å²) in [4.78, 5) is 21.7. The number of para-hydroxylation sites is 1. The van der Waals surface area contributed by atoms with E-state index < -0.39 is 5.91 Å². The Morgan fingerprint density at radius 2 is 1.65 bits per heavy atom. The van der Waals surface area contributed by atoms with Gasteiger partial charge in [0.2, 0.25) is 0 Å². The summed E-state index contributed by atoms with van der Waals surface area (Å²) in [5.74, 6) is 0.315. The van der Waals surface area contributed by atoms with Gasteiger partial charge in [0.1, 0.15) is 19.0 Å². The number of rotatable bonds is 7. The molecule has 0 aliphatic carbocycles. The first-order valence-corrected chi connectivity index (χ1v) is 8.15. The van der Waals surface area contributed by atoms with Crippen molar-refractivity contribution in [2.45, 2.75) is 0 Å². The first kappa shape index (κ1) is 17.4. The van der Waals surface area contributed by atoms with E-state index in [4.69, 9.17) is 15.3 Å². The van der Waals surface area contributed by atoms with Crippen LogP contribution in [0.4, 0.5) is 5.69 Å². The summed E-state index contributed by atoms with van der Waals surface area (Å²) in [7, 11) is 0. The summed E-state index contributed by atoms with van der Waals surface area (Å²) in [6, 6.07) is 20.4. The quantitative estimate of drug-likeness (QED) is 0.506. The smallest absolute Gasteiger partial charge is 0.277 e. The molecule has 0 saturated heterocycles. The van der Waals surface area contributed by atoms with Crippen LogP contribution >= 0.6 is 0 Å². The Morgan fingerprint density at radius 3 is 2.38 bits per heavy atom. The Kier molecular flexibility index (Phi) is 5.80. The minimum atomic E-state index is -0.429. The number of anilines is 1. The number of hydroxylamine groups is 1. The number of ether oxygens (including phenoxy) is 1. The van der Waals surface area contributed by atoms with Crippen LogP contribution in [0, 0.1) is 0 Å². The summed E-state index contributed by atoms with van der Waals surface area (Å²) in [6.07, 6.45) is 1.55. The zero-order chi connectivity index (χ0) is 18.2. The fourth-order valence-electron chi connectivity index (χ4n) is 2.39. The number of nitrogens with one attached hydrogen (secondary N) is 1. The van der Waals surface area contributed by atoms with Crippen molar-refractivity contribution in [1.82, 2.24) is 10.5 Å². The highest BCUT2D eigenvalue weighted by atomic mass is 16.7. The third kappa shape index (κ3) is 4.37. The molecule has 0 aliphatic rings. The number of hydrogen-bond acceptors (Lipinski definition) is 5. The maximum absolute atomic E-state index is 12.3. The van der Waals surface area contributed by atoms with Crippen LogP contribution < -0.4 is 16.0 Å². The Hall–Kier alpha value is -3.38. The monoisotopic (exact) mass is 349 g/mol. The number of aromatic nitrogens is 1. The first-order chi connectivity index (χ1) is 12.8. The second kappa shape index (κ2) is 8.64. The van der Waals surface area contributed by atoms with Crippen molar-refractivity contribution < 1.29 is 14.4 Å². The van der Waals surface area contributed by atoms with E-state index in [1.165, 1.54) is 0 Å². The minimum absolute atomic E-state index is 0.206. The van der Waals surface area contributed by atoms with Gasteiger partial charge in [-0.1, -0.05) is 48.5 Å². The predicted octanol–water partition coefficient (Wildman–Crippen LogP) is 3.07. The van der Waals surface area contributed by atoms with E-state index in [1.807, 2.05) is 60.7 Å². The van der Waals surface area contributed by atoms with Crippen LogP contribution in [0.15, 0.2) is 72.9 Å². The fourth-order valence-corrected chi connectivity index (χ4v) is 2.39. The van der Waals surface area contributed by atoms with Gasteiger partial charge in [-0.3, -0.25) is 14.6 Å². The van der Waals surface area contributed by atoms with Gasteiger partial charge in [0.05, 0.1) is 16.9 Å². The van der Waals surface area contributed by atoms with Crippen LogP contribution in [0.25, 0.3) is 11.3 Å². The van der Waals surface area contributed by atoms with Gasteiger partial charge in [-0.2, -0.15) is 0 Å². The first-order valence-electron chi connectivity index (χ1n) is 8.15. The zero-order valence-corrected chi connectivity index (χ0v) is 14.1. The highest BCUT2D eigenvalue weighted by molar-refractivity contribution is 6.01. The molecule has 0 fully saturated rings. The lowest BCUT2D eigenvalue weighted by Gasteiger charge is -2.11. The molecular formula is C20H19N3O3. The van der Waals surface area contributed by atoms with E-state index in [9.17, 15) is 4.79 Å². The van der Waals surface area contributed by atoms with Crippen LogP contribution in [-0.2, 0) is 4.84 Å². The molecular weight excluding hydrogens is 330 g/mol. The number of carbonyl (C=O) groups excluding carboxylic acids is 1. The molecule has 3 N–H and O–H groups in total. The van der Waals surface area contributed by atoms with Crippen molar-refractivity contribution in [2.24, 2.45) is 0 Å². The van der Waals surface area contributed by atoms with Crippen molar-refractivity contribution in [3.8, 4) is 17.0 Å². The topological polar surface area (TPSA) is 86.5 Å². The SMILES string of the molecule is Nc1c(C(=O)NOCCOc2ccccc2)ccnc1-c1ccccc1. The molecule has 0 saturated carbocycles. The Balaban J connectivity index is 1.55. The molecule has 0 unspecified atom stereocenters. The van der Waals surface area contributed by atoms with E-state index >= 15 is 0 Å². The van der Waals surface area contributed by atoms with Gasteiger partial charge < -0.3 is 10.5 Å². The summed E-state index contributed by atoms with van der Waals surface area (Å²) < 4.78 is 5.48. The van der Waals surface area contributed by atoms with Crippen LogP contribution in [-0.4, -0.2) is 24.1 Å². The second-order valence-electron chi connectivity index (χ2n) is 5.43. The molecule has 6 heteroatoms. The third-order valence-electron chi connectivity index (χ3n) is 3.64. The lowest BCUT2D eigenvalue weighted by atomic mass is 10.1. The van der Waals surface area contributed by atoms with Crippen molar-refractivity contribution in [3.63, 3.8) is 0 Å². The molecule has 0 spiro atoms. The number of carbonyl (C=O) groups is 1. The molecule has 0 bridgehead atoms. The number of amides is 1. The van der Waals surface area contributed by atoms with Gasteiger partial charge in [-0.25, -0.2) is 5.48 Å². The summed E-state index contributed by atoms with van der Waals surface area (Å²) in [5.41, 5.74) is 10.5. The largest absolute Gasteiger partial charge is 0.491 e. The molecule has 1 heterocycles. The maximum Gasteiger partial charge on any atom is 0.277 e. The summed E-state index contributed by atoms with van der Waals surface area (Å²) in [5, 5.41) is 0. The number of nitrogens with two attached hydrogens (primary N) is 1. The van der Waals surface area contributed by atoms with Gasteiger partial charge in [0, 0.05) is 11.8 Å². The average molecular weight is 349 g/mol. The number of nitrogen functional groups attached to an aromatic ring is 1. The normalized spacial score (nSPS) is 10.3. The molecule has 2 aromatic carbocycles. The van der Waals surface area contributed by atoms with Gasteiger partial charge in [-0.05, 0) is 18.2 Å². The zero-order valence-electron chi connectivity index (χ0n) is 14.1. The van der Waals surface area contributed by atoms with Crippen molar-refractivity contribution in [3.05, 3.63) is 78.5 Å². The Morgan fingerprint density at radius 1 is 0.962 bits per heavy atom. The van der Waals surface area contributed by atoms with Crippen LogP contribution in [0.3, 0.4) is 0 Å². The summed E-state index contributed by atoms with van der Waals surface area (Å²) in [6.45, 7) is 0.516. The van der Waals surface area contributed by atoms with Crippen LogP contribution in [0.2, 0.25) is 0 Å². The Labute approximate surface area is 151 Å². The van der Waals surface area contributed by atoms with Crippen LogP contribution in [0.1, 0.15) is 10.4 Å². The molecule has 1 amide bonds. The number of hydrogen-bond donors (Lipinski definition) is 2. The van der Waals surface area contributed by atoms with Gasteiger partial charge >= 0.3 is 0 Å². The highest BCUT2D eigenvalue weighted by Gasteiger charge is 2.14. The highest BCUT2D eigenvalue weighted by Crippen LogP contribution is 2.25. The second-order valence-corrected chi connectivity index (χ2v) is 5.43. The third-order valence-corrected chi connectivity index (χ3v) is 3.64. The standard InChI is InChI=1S/C20H19N3O3/c21-18-17(11-12-22-19(18)15-7-3-1-4-8-15)20(24)23-26-14-13-25-16-9-5-2-6-10-16/h1-12H,13-14,21H2,(H,23,24). The van der Waals surface area contributed by atoms with E-state index in [1.54, 1.807) is 12.3 Å². The predicted molar refractivity (Wildman–Crippen MR) is 99.4 cm³/mol. The van der Waals surface area contributed by atoms with Gasteiger partial charge in [-0.15, -0.1) is 0 Å². The molecule has 26 heavy (non-hydrogen) atoms. The van der Waals surface area contributed by atoms with E-state index in [0.29, 0.717) is 23.6 Å². The maximum atomic E-state index is 12.3.